The Hall–Kier alpha value is -1.63. The fraction of sp³-hybridized carbons (Fsp3) is 0.833. The fourth-order valence-electron chi connectivity index (χ4n) is 3.06. The summed E-state index contributed by atoms with van der Waals surface area (Å²) >= 11 is 0. The molecule has 1 fully saturated rings. The van der Waals surface area contributed by atoms with E-state index in [1.807, 2.05) is 18.9 Å². The van der Waals surface area contributed by atoms with Crippen LogP contribution >= 0.6 is 0 Å². The van der Waals surface area contributed by atoms with Crippen LogP contribution in [0.25, 0.3) is 5.32 Å². The Balaban J connectivity index is 1.99. The number of rotatable bonds is 7. The third-order valence-corrected chi connectivity index (χ3v) is 4.39. The van der Waals surface area contributed by atoms with Gasteiger partial charge < -0.3 is 19.4 Å². The van der Waals surface area contributed by atoms with Crippen molar-refractivity contribution in [1.29, 1.82) is 0 Å². The average molecular weight is 352 g/mol. The standard InChI is InChI=1S/C18H32N4O3/c1-14(2)24-12-11-21(18(3,4)5)22-13-16(25-20-22)19-17(23)15-9-7-6-8-10-15/h13-15H,6-12H2,1-5H3. The summed E-state index contributed by atoms with van der Waals surface area (Å²) in [6.07, 6.45) is 7.13. The molecule has 142 valence electrons. The molecule has 0 unspecified atom stereocenters. The van der Waals surface area contributed by atoms with Gasteiger partial charge in [0.2, 0.25) is 5.27 Å². The van der Waals surface area contributed by atoms with Gasteiger partial charge in [0, 0.05) is 5.92 Å². The van der Waals surface area contributed by atoms with Gasteiger partial charge in [-0.2, -0.15) is 0 Å². The van der Waals surface area contributed by atoms with Gasteiger partial charge in [0.05, 0.1) is 35.5 Å². The third kappa shape index (κ3) is 5.99. The fourth-order valence-corrected chi connectivity index (χ4v) is 3.06. The first-order valence-corrected chi connectivity index (χ1v) is 9.31. The zero-order valence-electron chi connectivity index (χ0n) is 16.2. The van der Waals surface area contributed by atoms with E-state index >= 15 is 0 Å². The van der Waals surface area contributed by atoms with Gasteiger partial charge >= 0.3 is 0 Å². The molecule has 1 aliphatic rings. The zero-order valence-corrected chi connectivity index (χ0v) is 16.2. The van der Waals surface area contributed by atoms with Crippen LogP contribution in [0.15, 0.2) is 10.7 Å². The number of nitrogens with zero attached hydrogens (tertiary/aromatic N) is 4. The lowest BCUT2D eigenvalue weighted by Crippen LogP contribution is -2.67. The number of carbonyl (C=O) groups is 1. The van der Waals surface area contributed by atoms with Crippen molar-refractivity contribution in [3.8, 4) is 0 Å². The number of aromatic nitrogens is 2. The van der Waals surface area contributed by atoms with Crippen LogP contribution < -0.4 is 9.80 Å². The topological polar surface area (TPSA) is 73.6 Å². The maximum absolute atomic E-state index is 12.3. The van der Waals surface area contributed by atoms with Crippen molar-refractivity contribution in [3.63, 3.8) is 0 Å². The van der Waals surface area contributed by atoms with Crippen LogP contribution in [0.4, 0.5) is 5.88 Å². The minimum absolute atomic E-state index is 0.0328. The maximum atomic E-state index is 12.3. The minimum Gasteiger partial charge on any atom is -0.588 e. The highest BCUT2D eigenvalue weighted by atomic mass is 16.5. The third-order valence-electron chi connectivity index (χ3n) is 4.39. The van der Waals surface area contributed by atoms with Crippen LogP contribution in [-0.4, -0.2) is 36.0 Å². The Bertz CT molecular complexity index is 545. The summed E-state index contributed by atoms with van der Waals surface area (Å²) in [5, 5.41) is 10.2. The van der Waals surface area contributed by atoms with Gasteiger partial charge in [0.1, 0.15) is 5.88 Å². The molecule has 2 rings (SSSR count). The second kappa shape index (κ2) is 8.65. The molecular formula is C18H32N4O3. The molecule has 0 N–H and O–H groups in total. The van der Waals surface area contributed by atoms with Crippen molar-refractivity contribution in [3.05, 3.63) is 11.5 Å². The average Bonchev–Trinajstić information content (AvgIpc) is 2.98. The predicted molar refractivity (Wildman–Crippen MR) is 95.2 cm³/mol. The van der Waals surface area contributed by atoms with Crippen LogP contribution in [-0.2, 0) is 9.53 Å². The molecule has 0 spiro atoms. The number of hydrogen-bond donors (Lipinski definition) is 0. The van der Waals surface area contributed by atoms with E-state index in [0.717, 1.165) is 25.7 Å². The van der Waals surface area contributed by atoms with Crippen molar-refractivity contribution in [1.82, 2.24) is 5.27 Å². The highest BCUT2D eigenvalue weighted by molar-refractivity contribution is 5.96. The van der Waals surface area contributed by atoms with Gasteiger partial charge in [-0.15, -0.1) is 5.01 Å². The van der Waals surface area contributed by atoms with Crippen molar-refractivity contribution >= 4 is 11.8 Å². The Kier molecular flexibility index (Phi) is 6.81. The van der Waals surface area contributed by atoms with Crippen LogP contribution in [0.5, 0.6) is 0 Å². The molecule has 0 atom stereocenters. The lowest BCUT2D eigenvalue weighted by molar-refractivity contribution is -0.765. The number of amides is 1. The van der Waals surface area contributed by atoms with E-state index < -0.39 is 0 Å². The second-order valence-electron chi connectivity index (χ2n) is 7.96. The van der Waals surface area contributed by atoms with Crippen molar-refractivity contribution in [2.45, 2.75) is 78.4 Å². The Morgan fingerprint density at radius 2 is 2.08 bits per heavy atom. The minimum atomic E-state index is -0.174. The van der Waals surface area contributed by atoms with Gasteiger partial charge in [0.25, 0.3) is 6.20 Å². The van der Waals surface area contributed by atoms with Crippen molar-refractivity contribution < 1.29 is 18.8 Å². The smallest absolute Gasteiger partial charge is 0.257 e. The quantitative estimate of drug-likeness (QED) is 0.704. The molecule has 1 aliphatic carbocycles. The van der Waals surface area contributed by atoms with E-state index in [0.29, 0.717) is 13.2 Å². The van der Waals surface area contributed by atoms with Crippen molar-refractivity contribution in [2.75, 3.05) is 18.2 Å². The van der Waals surface area contributed by atoms with E-state index in [2.05, 4.69) is 31.4 Å². The van der Waals surface area contributed by atoms with Crippen LogP contribution in [0.3, 0.4) is 0 Å². The molecule has 1 heterocycles. The Morgan fingerprint density at radius 1 is 1.40 bits per heavy atom. The highest BCUT2D eigenvalue weighted by Crippen LogP contribution is 2.28. The molecule has 0 radical (unpaired) electrons. The van der Waals surface area contributed by atoms with Crippen molar-refractivity contribution in [2.24, 2.45) is 5.92 Å². The molecule has 1 aromatic rings. The predicted octanol–water partition coefficient (Wildman–Crippen LogP) is 3.24. The molecule has 0 saturated heterocycles. The first-order valence-electron chi connectivity index (χ1n) is 9.31. The Labute approximate surface area is 150 Å². The Morgan fingerprint density at radius 3 is 2.68 bits per heavy atom. The first-order chi connectivity index (χ1) is 11.8. The van der Waals surface area contributed by atoms with Gasteiger partial charge in [-0.25, -0.2) is 0 Å². The van der Waals surface area contributed by atoms with E-state index in [1.165, 1.54) is 6.42 Å². The summed E-state index contributed by atoms with van der Waals surface area (Å²) in [7, 11) is 0. The van der Waals surface area contributed by atoms with Gasteiger partial charge in [-0.05, 0) is 47.5 Å². The summed E-state index contributed by atoms with van der Waals surface area (Å²) in [5.41, 5.74) is -0.174. The number of hydrogen-bond acceptors (Lipinski definition) is 5. The molecule has 0 aromatic carbocycles. The molecule has 0 aliphatic heterocycles. The van der Waals surface area contributed by atoms with E-state index in [1.54, 1.807) is 11.0 Å². The molecule has 0 bridgehead atoms. The molecule has 1 saturated carbocycles. The van der Waals surface area contributed by atoms with Gasteiger partial charge in [0.15, 0.2) is 0 Å². The summed E-state index contributed by atoms with van der Waals surface area (Å²) in [5.74, 6) is 0.202. The van der Waals surface area contributed by atoms with Crippen LogP contribution in [0.1, 0.15) is 66.7 Å². The van der Waals surface area contributed by atoms with E-state index in [4.69, 9.17) is 9.26 Å². The van der Waals surface area contributed by atoms with Crippen LogP contribution in [0.2, 0.25) is 0 Å². The molecule has 7 nitrogen and oxygen atoms in total. The molecule has 1 amide bonds. The molecule has 25 heavy (non-hydrogen) atoms. The molecule has 1 aromatic heterocycles. The zero-order chi connectivity index (χ0) is 18.4. The summed E-state index contributed by atoms with van der Waals surface area (Å²) < 4.78 is 10.9. The largest absolute Gasteiger partial charge is 0.588 e. The van der Waals surface area contributed by atoms with E-state index in [9.17, 15) is 4.79 Å². The van der Waals surface area contributed by atoms with Gasteiger partial charge in [-0.1, -0.05) is 19.3 Å². The lowest BCUT2D eigenvalue weighted by Gasteiger charge is -2.28. The second-order valence-corrected chi connectivity index (χ2v) is 7.96. The SMILES string of the molecule is CC(C)OCCN([n+]1cc([N-]C(=O)C2CCCCC2)on1)C(C)(C)C. The molecular weight excluding hydrogens is 320 g/mol. The highest BCUT2D eigenvalue weighted by Gasteiger charge is 2.31. The molecule has 7 heteroatoms. The summed E-state index contributed by atoms with van der Waals surface area (Å²) in [4.78, 5) is 13.9. The van der Waals surface area contributed by atoms with Gasteiger partial charge in [-0.3, -0.25) is 0 Å². The number of ether oxygens (including phenoxy) is 1. The van der Waals surface area contributed by atoms with Crippen LogP contribution in [0, 0.1) is 5.92 Å². The normalized spacial score (nSPS) is 16.2. The summed E-state index contributed by atoms with van der Waals surface area (Å²) in [6.45, 7) is 11.5. The number of carbonyl (C=O) groups excluding carboxylic acids is 1. The lowest BCUT2D eigenvalue weighted by atomic mass is 9.89. The monoisotopic (exact) mass is 352 g/mol. The summed E-state index contributed by atoms with van der Waals surface area (Å²) in [6, 6.07) is 0. The van der Waals surface area contributed by atoms with E-state index in [-0.39, 0.29) is 29.4 Å². The maximum Gasteiger partial charge on any atom is 0.257 e. The first kappa shape index (κ1) is 19.7.